The first-order chi connectivity index (χ1) is 9.53. The van der Waals surface area contributed by atoms with E-state index in [2.05, 4.69) is 17.0 Å². The Kier molecular flexibility index (Phi) is 6.77. The number of hydrogen-bond donors (Lipinski definition) is 2. The highest BCUT2D eigenvalue weighted by Crippen LogP contribution is 2.25. The van der Waals surface area contributed by atoms with Gasteiger partial charge in [0.2, 0.25) is 10.0 Å². The molecule has 1 aromatic rings. The first-order valence-corrected chi connectivity index (χ1v) is 7.95. The molecule has 0 heterocycles. The van der Waals surface area contributed by atoms with Crippen molar-refractivity contribution < 1.29 is 17.9 Å². The standard InChI is InChI=1S/C13H22N2O4S/c1-4-5-14-6-7-15-20(16,17)13-9-11(18-2)8-12(10-13)19-3/h8-10,14-15H,4-7H2,1-3H3. The molecule has 0 aromatic heterocycles. The van der Waals surface area contributed by atoms with Crippen molar-refractivity contribution in [3.63, 3.8) is 0 Å². The number of rotatable bonds is 9. The van der Waals surface area contributed by atoms with Gasteiger partial charge in [-0.3, -0.25) is 0 Å². The van der Waals surface area contributed by atoms with Gasteiger partial charge in [0, 0.05) is 31.3 Å². The number of ether oxygens (including phenoxy) is 2. The fourth-order valence-corrected chi connectivity index (χ4v) is 2.68. The fraction of sp³-hybridized carbons (Fsp3) is 0.538. The molecule has 0 spiro atoms. The van der Waals surface area contributed by atoms with Gasteiger partial charge in [-0.05, 0) is 13.0 Å². The van der Waals surface area contributed by atoms with Crippen molar-refractivity contribution in [1.29, 1.82) is 0 Å². The normalized spacial score (nSPS) is 11.3. The van der Waals surface area contributed by atoms with E-state index >= 15 is 0 Å². The average Bonchev–Trinajstić information content (AvgIpc) is 2.46. The van der Waals surface area contributed by atoms with Crippen LogP contribution in [0.25, 0.3) is 0 Å². The van der Waals surface area contributed by atoms with Gasteiger partial charge in [-0.15, -0.1) is 0 Å². The molecule has 0 aliphatic rings. The molecule has 1 rings (SSSR count). The van der Waals surface area contributed by atoms with E-state index in [0.29, 0.717) is 24.6 Å². The van der Waals surface area contributed by atoms with Crippen LogP contribution >= 0.6 is 0 Å². The maximum Gasteiger partial charge on any atom is 0.240 e. The molecule has 114 valence electrons. The summed E-state index contributed by atoms with van der Waals surface area (Å²) in [6, 6.07) is 4.55. The van der Waals surface area contributed by atoms with Crippen LogP contribution in [0, 0.1) is 0 Å². The third-order valence-electron chi connectivity index (χ3n) is 2.66. The lowest BCUT2D eigenvalue weighted by atomic mass is 10.3. The molecular formula is C13H22N2O4S. The molecule has 1 aromatic carbocycles. The van der Waals surface area contributed by atoms with Gasteiger partial charge in [0.15, 0.2) is 0 Å². The van der Waals surface area contributed by atoms with Crippen molar-refractivity contribution in [2.45, 2.75) is 18.2 Å². The Bertz CT molecular complexity index is 495. The van der Waals surface area contributed by atoms with Crippen LogP contribution in [0.15, 0.2) is 23.1 Å². The highest BCUT2D eigenvalue weighted by molar-refractivity contribution is 7.89. The monoisotopic (exact) mass is 302 g/mol. The second-order valence-corrected chi connectivity index (χ2v) is 5.96. The molecule has 0 aliphatic heterocycles. The van der Waals surface area contributed by atoms with E-state index in [0.717, 1.165) is 13.0 Å². The van der Waals surface area contributed by atoms with E-state index in [4.69, 9.17) is 9.47 Å². The molecule has 0 aliphatic carbocycles. The summed E-state index contributed by atoms with van der Waals surface area (Å²) in [5.41, 5.74) is 0. The molecule has 6 nitrogen and oxygen atoms in total. The van der Waals surface area contributed by atoms with E-state index < -0.39 is 10.0 Å². The minimum atomic E-state index is -3.56. The minimum absolute atomic E-state index is 0.129. The number of benzene rings is 1. The van der Waals surface area contributed by atoms with E-state index in [1.807, 2.05) is 0 Å². The molecule has 20 heavy (non-hydrogen) atoms. The molecule has 0 saturated heterocycles. The zero-order valence-corrected chi connectivity index (χ0v) is 12.9. The Morgan fingerprint density at radius 3 is 2.10 bits per heavy atom. The molecule has 0 amide bonds. The molecule has 0 atom stereocenters. The molecule has 2 N–H and O–H groups in total. The van der Waals surface area contributed by atoms with E-state index in [1.54, 1.807) is 6.07 Å². The molecule has 0 unspecified atom stereocenters. The summed E-state index contributed by atoms with van der Waals surface area (Å²) in [6.07, 6.45) is 1.01. The van der Waals surface area contributed by atoms with Crippen LogP contribution in [0.1, 0.15) is 13.3 Å². The van der Waals surface area contributed by atoms with E-state index in [1.165, 1.54) is 26.4 Å². The van der Waals surface area contributed by atoms with Crippen molar-refractivity contribution >= 4 is 10.0 Å². The summed E-state index contributed by atoms with van der Waals surface area (Å²) in [7, 11) is -0.604. The van der Waals surface area contributed by atoms with Gasteiger partial charge in [0.05, 0.1) is 19.1 Å². The van der Waals surface area contributed by atoms with Crippen LogP contribution in [0.5, 0.6) is 11.5 Å². The first-order valence-electron chi connectivity index (χ1n) is 6.47. The Morgan fingerprint density at radius 2 is 1.60 bits per heavy atom. The molecule has 7 heteroatoms. The Balaban J connectivity index is 2.76. The van der Waals surface area contributed by atoms with Gasteiger partial charge < -0.3 is 14.8 Å². The highest BCUT2D eigenvalue weighted by atomic mass is 32.2. The summed E-state index contributed by atoms with van der Waals surface area (Å²) < 4.78 is 37.0. The van der Waals surface area contributed by atoms with E-state index in [-0.39, 0.29) is 4.90 Å². The molecular weight excluding hydrogens is 280 g/mol. The highest BCUT2D eigenvalue weighted by Gasteiger charge is 2.16. The van der Waals surface area contributed by atoms with Gasteiger partial charge in [0.25, 0.3) is 0 Å². The molecule has 0 fully saturated rings. The maximum atomic E-state index is 12.2. The smallest absolute Gasteiger partial charge is 0.240 e. The second-order valence-electron chi connectivity index (χ2n) is 4.20. The Labute approximate surface area is 120 Å². The number of nitrogens with one attached hydrogen (secondary N) is 2. The Morgan fingerprint density at radius 1 is 1.00 bits per heavy atom. The molecule has 0 saturated carbocycles. The van der Waals surface area contributed by atoms with Crippen molar-refractivity contribution in [3.8, 4) is 11.5 Å². The van der Waals surface area contributed by atoms with Crippen molar-refractivity contribution in [2.24, 2.45) is 0 Å². The second kappa shape index (κ2) is 8.08. The van der Waals surface area contributed by atoms with Crippen LogP contribution in [-0.2, 0) is 10.0 Å². The van der Waals surface area contributed by atoms with Crippen molar-refractivity contribution in [1.82, 2.24) is 10.0 Å². The summed E-state index contributed by atoms with van der Waals surface area (Å²) >= 11 is 0. The van der Waals surface area contributed by atoms with Crippen LogP contribution in [0.2, 0.25) is 0 Å². The van der Waals surface area contributed by atoms with Gasteiger partial charge >= 0.3 is 0 Å². The lowest BCUT2D eigenvalue weighted by molar-refractivity contribution is 0.392. The van der Waals surface area contributed by atoms with Crippen LogP contribution in [0.4, 0.5) is 0 Å². The van der Waals surface area contributed by atoms with Crippen LogP contribution < -0.4 is 19.5 Å². The molecule has 0 bridgehead atoms. The summed E-state index contributed by atoms with van der Waals surface area (Å²) in [6.45, 7) is 3.85. The van der Waals surface area contributed by atoms with E-state index in [9.17, 15) is 8.42 Å². The van der Waals surface area contributed by atoms with Gasteiger partial charge in [-0.25, -0.2) is 13.1 Å². The average molecular weight is 302 g/mol. The minimum Gasteiger partial charge on any atom is -0.497 e. The lowest BCUT2D eigenvalue weighted by Gasteiger charge is -2.10. The third-order valence-corrected chi connectivity index (χ3v) is 4.10. The summed E-state index contributed by atoms with van der Waals surface area (Å²) in [5, 5.41) is 3.13. The number of methoxy groups -OCH3 is 2. The van der Waals surface area contributed by atoms with Gasteiger partial charge in [-0.2, -0.15) is 0 Å². The summed E-state index contributed by atoms with van der Waals surface area (Å²) in [4.78, 5) is 0.129. The van der Waals surface area contributed by atoms with Crippen LogP contribution in [-0.4, -0.2) is 42.3 Å². The largest absolute Gasteiger partial charge is 0.497 e. The zero-order valence-electron chi connectivity index (χ0n) is 12.1. The Hall–Kier alpha value is -1.31. The fourth-order valence-electron chi connectivity index (χ4n) is 1.60. The SMILES string of the molecule is CCCNCCNS(=O)(=O)c1cc(OC)cc(OC)c1. The van der Waals surface area contributed by atoms with Crippen molar-refractivity contribution in [2.75, 3.05) is 33.9 Å². The zero-order chi connectivity index (χ0) is 15.0. The first kappa shape index (κ1) is 16.7. The predicted molar refractivity (Wildman–Crippen MR) is 77.9 cm³/mol. The van der Waals surface area contributed by atoms with Gasteiger partial charge in [0.1, 0.15) is 11.5 Å². The van der Waals surface area contributed by atoms with Crippen LogP contribution in [0.3, 0.4) is 0 Å². The maximum absolute atomic E-state index is 12.2. The summed E-state index contributed by atoms with van der Waals surface area (Å²) in [5.74, 6) is 0.877. The lowest BCUT2D eigenvalue weighted by Crippen LogP contribution is -2.32. The quantitative estimate of drug-likeness (QED) is 0.665. The predicted octanol–water partition coefficient (Wildman–Crippen LogP) is 0.982. The number of hydrogen-bond acceptors (Lipinski definition) is 5. The topological polar surface area (TPSA) is 76.7 Å². The number of sulfonamides is 1. The van der Waals surface area contributed by atoms with Gasteiger partial charge in [-0.1, -0.05) is 6.92 Å². The molecule has 0 radical (unpaired) electrons. The third kappa shape index (κ3) is 4.99. The van der Waals surface area contributed by atoms with Crippen molar-refractivity contribution in [3.05, 3.63) is 18.2 Å².